The molecule has 0 aliphatic heterocycles. The van der Waals surface area contributed by atoms with Crippen LogP contribution in [0.4, 0.5) is 5.69 Å². The molecule has 0 aliphatic rings. The number of H-pyrrole nitrogens is 2. The molecular weight excluding hydrogens is 376 g/mol. The maximum absolute atomic E-state index is 12.7. The summed E-state index contributed by atoms with van der Waals surface area (Å²) in [7, 11) is 0. The molecule has 2 aromatic carbocycles. The molecule has 6 heteroatoms. The second-order valence-electron chi connectivity index (χ2n) is 7.47. The number of carbonyl (C=O) groups excluding carboxylic acids is 2. The number of benzene rings is 2. The lowest BCUT2D eigenvalue weighted by atomic mass is 10.1. The van der Waals surface area contributed by atoms with Crippen LogP contribution >= 0.6 is 0 Å². The molecule has 0 spiro atoms. The zero-order chi connectivity index (χ0) is 20.9. The van der Waals surface area contributed by atoms with E-state index in [1.54, 1.807) is 11.1 Å². The van der Waals surface area contributed by atoms with Gasteiger partial charge in [0.1, 0.15) is 0 Å². The van der Waals surface area contributed by atoms with Crippen molar-refractivity contribution in [2.45, 2.75) is 26.2 Å². The predicted octanol–water partition coefficient (Wildman–Crippen LogP) is 4.46. The van der Waals surface area contributed by atoms with Gasteiger partial charge < -0.3 is 20.2 Å². The number of fused-ring (bicyclic) bond motifs is 2. The number of carbonyl (C=O) groups is 2. The van der Waals surface area contributed by atoms with Crippen molar-refractivity contribution in [3.63, 3.8) is 0 Å². The summed E-state index contributed by atoms with van der Waals surface area (Å²) in [6.07, 6.45) is 5.66. The van der Waals surface area contributed by atoms with Gasteiger partial charge in [0.2, 0.25) is 11.8 Å². The number of hydrogen-bond donors (Lipinski definition) is 3. The van der Waals surface area contributed by atoms with Crippen molar-refractivity contribution in [3.05, 3.63) is 66.5 Å². The number of nitrogens with zero attached hydrogens (tertiary/aromatic N) is 1. The molecule has 30 heavy (non-hydrogen) atoms. The highest BCUT2D eigenvalue weighted by molar-refractivity contribution is 6.02. The first-order valence-corrected chi connectivity index (χ1v) is 10.3. The van der Waals surface area contributed by atoms with E-state index in [0.29, 0.717) is 19.4 Å². The Hall–Kier alpha value is -3.54. The van der Waals surface area contributed by atoms with E-state index in [2.05, 4.69) is 21.4 Å². The third-order valence-electron chi connectivity index (χ3n) is 5.34. The predicted molar refractivity (Wildman–Crippen MR) is 120 cm³/mol. The normalized spacial score (nSPS) is 11.1. The van der Waals surface area contributed by atoms with Gasteiger partial charge in [0.05, 0.1) is 12.2 Å². The standard InChI is InChI=1S/C24H26N4O2/c1-2-7-24(30)28(13-12-17-14-25-20-10-5-3-8-18(17)20)16-23(29)27-22-15-26-21-11-6-4-9-19(21)22/h3-6,8-11,14-15,25-26H,2,7,12-13,16H2,1H3,(H,27,29). The summed E-state index contributed by atoms with van der Waals surface area (Å²) in [4.78, 5) is 33.5. The molecule has 2 aromatic heterocycles. The molecule has 6 nitrogen and oxygen atoms in total. The lowest BCUT2D eigenvalue weighted by Gasteiger charge is -2.22. The first kappa shape index (κ1) is 19.8. The molecule has 4 rings (SSSR count). The van der Waals surface area contributed by atoms with Crippen LogP contribution in [-0.4, -0.2) is 39.8 Å². The Balaban J connectivity index is 1.45. The fourth-order valence-electron chi connectivity index (χ4n) is 3.80. The minimum atomic E-state index is -0.192. The summed E-state index contributed by atoms with van der Waals surface area (Å²) in [6, 6.07) is 15.9. The van der Waals surface area contributed by atoms with Crippen molar-refractivity contribution >= 4 is 39.3 Å². The van der Waals surface area contributed by atoms with Crippen molar-refractivity contribution in [3.8, 4) is 0 Å². The third-order valence-corrected chi connectivity index (χ3v) is 5.34. The molecule has 0 atom stereocenters. The zero-order valence-corrected chi connectivity index (χ0v) is 17.1. The van der Waals surface area contributed by atoms with Crippen molar-refractivity contribution in [1.82, 2.24) is 14.9 Å². The van der Waals surface area contributed by atoms with Crippen LogP contribution in [0.15, 0.2) is 60.9 Å². The minimum Gasteiger partial charge on any atom is -0.361 e. The Kier molecular flexibility index (Phi) is 5.84. The van der Waals surface area contributed by atoms with E-state index in [-0.39, 0.29) is 18.4 Å². The molecule has 0 saturated heterocycles. The molecule has 0 saturated carbocycles. The maximum atomic E-state index is 12.7. The molecule has 154 valence electrons. The first-order valence-electron chi connectivity index (χ1n) is 10.3. The van der Waals surface area contributed by atoms with Crippen molar-refractivity contribution in [1.29, 1.82) is 0 Å². The summed E-state index contributed by atoms with van der Waals surface area (Å²) in [5, 5.41) is 5.06. The van der Waals surface area contributed by atoms with Crippen LogP contribution in [0, 0.1) is 0 Å². The fraction of sp³-hybridized carbons (Fsp3) is 0.250. The van der Waals surface area contributed by atoms with Gasteiger partial charge in [0.25, 0.3) is 0 Å². The summed E-state index contributed by atoms with van der Waals surface area (Å²) >= 11 is 0. The molecule has 2 heterocycles. The lowest BCUT2D eigenvalue weighted by molar-refractivity contribution is -0.134. The quantitative estimate of drug-likeness (QED) is 0.407. The summed E-state index contributed by atoms with van der Waals surface area (Å²) < 4.78 is 0. The number of rotatable bonds is 8. The number of amides is 2. The van der Waals surface area contributed by atoms with Gasteiger partial charge in [-0.15, -0.1) is 0 Å². The van der Waals surface area contributed by atoms with Crippen LogP contribution < -0.4 is 5.32 Å². The first-order chi connectivity index (χ1) is 14.7. The number of aromatic amines is 2. The SMILES string of the molecule is CCCC(=O)N(CCc1c[nH]c2ccccc12)CC(=O)Nc1c[nH]c2ccccc12. The molecular formula is C24H26N4O2. The minimum absolute atomic E-state index is 0.00594. The van der Waals surface area contributed by atoms with Crippen LogP contribution in [0.5, 0.6) is 0 Å². The molecule has 0 fully saturated rings. The van der Waals surface area contributed by atoms with Crippen LogP contribution in [0.3, 0.4) is 0 Å². The molecule has 0 aliphatic carbocycles. The number of nitrogens with one attached hydrogen (secondary N) is 3. The molecule has 4 aromatic rings. The Morgan fingerprint density at radius 1 is 0.933 bits per heavy atom. The topological polar surface area (TPSA) is 81.0 Å². The summed E-state index contributed by atoms with van der Waals surface area (Å²) in [5.41, 5.74) is 3.93. The van der Waals surface area contributed by atoms with E-state index >= 15 is 0 Å². The monoisotopic (exact) mass is 402 g/mol. The maximum Gasteiger partial charge on any atom is 0.244 e. The largest absolute Gasteiger partial charge is 0.361 e. The van der Waals surface area contributed by atoms with Crippen LogP contribution in [0.2, 0.25) is 0 Å². The van der Waals surface area contributed by atoms with Crippen molar-refractivity contribution in [2.75, 3.05) is 18.4 Å². The Labute approximate surface area is 175 Å². The van der Waals surface area contributed by atoms with Gasteiger partial charge in [-0.2, -0.15) is 0 Å². The number of anilines is 1. The third kappa shape index (κ3) is 4.22. The smallest absolute Gasteiger partial charge is 0.244 e. The van der Waals surface area contributed by atoms with Gasteiger partial charge >= 0.3 is 0 Å². The van der Waals surface area contributed by atoms with Crippen molar-refractivity contribution < 1.29 is 9.59 Å². The van der Waals surface area contributed by atoms with E-state index in [1.807, 2.05) is 55.6 Å². The average Bonchev–Trinajstić information content (AvgIpc) is 3.36. The molecule has 2 amide bonds. The summed E-state index contributed by atoms with van der Waals surface area (Å²) in [6.45, 7) is 2.52. The van der Waals surface area contributed by atoms with E-state index in [9.17, 15) is 9.59 Å². The molecule has 0 unspecified atom stereocenters. The second kappa shape index (κ2) is 8.86. The van der Waals surface area contributed by atoms with Gasteiger partial charge in [0.15, 0.2) is 0 Å². The van der Waals surface area contributed by atoms with E-state index in [4.69, 9.17) is 0 Å². The van der Waals surface area contributed by atoms with E-state index in [1.165, 1.54) is 0 Å². The number of para-hydroxylation sites is 2. The number of hydrogen-bond acceptors (Lipinski definition) is 2. The van der Waals surface area contributed by atoms with Crippen molar-refractivity contribution in [2.24, 2.45) is 0 Å². The Morgan fingerprint density at radius 3 is 2.37 bits per heavy atom. The van der Waals surface area contributed by atoms with E-state index < -0.39 is 0 Å². The summed E-state index contributed by atoms with van der Waals surface area (Å²) in [5.74, 6) is -0.186. The highest BCUT2D eigenvalue weighted by atomic mass is 16.2. The van der Waals surface area contributed by atoms with Gasteiger partial charge in [-0.1, -0.05) is 43.3 Å². The molecule has 0 bridgehead atoms. The Morgan fingerprint density at radius 2 is 1.60 bits per heavy atom. The van der Waals surface area contributed by atoms with Gasteiger partial charge in [0, 0.05) is 47.2 Å². The zero-order valence-electron chi connectivity index (χ0n) is 17.1. The van der Waals surface area contributed by atoms with Crippen LogP contribution in [0.25, 0.3) is 21.8 Å². The van der Waals surface area contributed by atoms with Crippen LogP contribution in [-0.2, 0) is 16.0 Å². The van der Waals surface area contributed by atoms with Gasteiger partial charge in [-0.3, -0.25) is 9.59 Å². The highest BCUT2D eigenvalue weighted by Crippen LogP contribution is 2.22. The Bertz CT molecular complexity index is 1170. The number of aromatic nitrogens is 2. The van der Waals surface area contributed by atoms with Gasteiger partial charge in [-0.25, -0.2) is 0 Å². The average molecular weight is 402 g/mol. The molecule has 3 N–H and O–H groups in total. The highest BCUT2D eigenvalue weighted by Gasteiger charge is 2.18. The molecule has 0 radical (unpaired) electrons. The second-order valence-corrected chi connectivity index (χ2v) is 7.47. The lowest BCUT2D eigenvalue weighted by Crippen LogP contribution is -2.39. The van der Waals surface area contributed by atoms with Crippen LogP contribution in [0.1, 0.15) is 25.3 Å². The van der Waals surface area contributed by atoms with Gasteiger partial charge in [-0.05, 0) is 30.5 Å². The fourth-order valence-corrected chi connectivity index (χ4v) is 3.80. The van der Waals surface area contributed by atoms with E-state index in [0.717, 1.165) is 39.5 Å².